The Morgan fingerprint density at radius 2 is 1.76 bits per heavy atom. The van der Waals surface area contributed by atoms with Gasteiger partial charge in [-0.2, -0.15) is 11.8 Å². The monoisotopic (exact) mass is 274 g/mol. The Kier molecular flexibility index (Phi) is 6.18. The standard InChI is InChI=1S/C11H18O4SSi/c12-11(10-5-2-1-3-6-10)9-16-7-4-8-17(13,14)15/h1-3,5-6,11-15H,4,7-9H2. The molecule has 4 nitrogen and oxygen atoms in total. The van der Waals surface area contributed by atoms with E-state index in [1.54, 1.807) is 0 Å². The summed E-state index contributed by atoms with van der Waals surface area (Å²) in [7, 11) is -3.87. The molecule has 0 saturated carbocycles. The van der Waals surface area contributed by atoms with Gasteiger partial charge in [0.1, 0.15) is 0 Å². The van der Waals surface area contributed by atoms with Crippen LogP contribution in [0.4, 0.5) is 0 Å². The second kappa shape index (κ2) is 7.15. The van der Waals surface area contributed by atoms with Crippen LogP contribution in [0, 0.1) is 0 Å². The van der Waals surface area contributed by atoms with E-state index in [-0.39, 0.29) is 6.04 Å². The van der Waals surface area contributed by atoms with Crippen LogP contribution >= 0.6 is 11.8 Å². The molecule has 96 valence electrons. The number of aliphatic hydroxyl groups excluding tert-OH is 1. The third-order valence-corrected chi connectivity index (χ3v) is 4.41. The van der Waals surface area contributed by atoms with Crippen molar-refractivity contribution in [3.63, 3.8) is 0 Å². The molecule has 1 unspecified atom stereocenters. The summed E-state index contributed by atoms with van der Waals surface area (Å²) >= 11 is 1.54. The van der Waals surface area contributed by atoms with Crippen LogP contribution in [-0.4, -0.2) is 39.8 Å². The molecular weight excluding hydrogens is 256 g/mol. The molecule has 1 aromatic carbocycles. The predicted octanol–water partition coefficient (Wildman–Crippen LogP) is 0.759. The van der Waals surface area contributed by atoms with E-state index in [1.165, 1.54) is 11.8 Å². The molecule has 0 aromatic heterocycles. The van der Waals surface area contributed by atoms with Crippen LogP contribution < -0.4 is 0 Å². The summed E-state index contributed by atoms with van der Waals surface area (Å²) in [5.41, 5.74) is 0.884. The van der Waals surface area contributed by atoms with Crippen LogP contribution in [0.5, 0.6) is 0 Å². The third kappa shape index (κ3) is 6.82. The molecule has 0 fully saturated rings. The van der Waals surface area contributed by atoms with Crippen LogP contribution in [0.15, 0.2) is 30.3 Å². The SMILES string of the molecule is OC(CSCCC[Si](O)(O)O)c1ccccc1. The van der Waals surface area contributed by atoms with E-state index in [2.05, 4.69) is 0 Å². The Balaban J connectivity index is 2.15. The van der Waals surface area contributed by atoms with E-state index in [0.717, 1.165) is 5.56 Å². The molecule has 0 spiro atoms. The van der Waals surface area contributed by atoms with Gasteiger partial charge in [0.25, 0.3) is 0 Å². The van der Waals surface area contributed by atoms with Gasteiger partial charge in [0.2, 0.25) is 0 Å². The quantitative estimate of drug-likeness (QED) is 0.436. The Morgan fingerprint density at radius 3 is 2.35 bits per heavy atom. The highest BCUT2D eigenvalue weighted by Crippen LogP contribution is 2.19. The van der Waals surface area contributed by atoms with Gasteiger partial charge in [0.05, 0.1) is 6.10 Å². The van der Waals surface area contributed by atoms with Crippen LogP contribution in [0.2, 0.25) is 6.04 Å². The molecule has 1 rings (SSSR count). The van der Waals surface area contributed by atoms with Crippen molar-refractivity contribution in [2.45, 2.75) is 18.6 Å². The summed E-state index contributed by atoms with van der Waals surface area (Å²) in [4.78, 5) is 26.4. The molecule has 6 heteroatoms. The lowest BCUT2D eigenvalue weighted by molar-refractivity contribution is 0.204. The molecule has 17 heavy (non-hydrogen) atoms. The Labute approximate surface area is 106 Å². The van der Waals surface area contributed by atoms with Crippen molar-refractivity contribution in [1.29, 1.82) is 0 Å². The van der Waals surface area contributed by atoms with Gasteiger partial charge in [0.15, 0.2) is 0 Å². The van der Waals surface area contributed by atoms with Crippen LogP contribution in [0.1, 0.15) is 18.1 Å². The number of hydrogen-bond acceptors (Lipinski definition) is 5. The summed E-state index contributed by atoms with van der Waals surface area (Å²) in [5, 5.41) is 9.82. The van der Waals surface area contributed by atoms with Crippen molar-refractivity contribution in [2.24, 2.45) is 0 Å². The van der Waals surface area contributed by atoms with Gasteiger partial charge in [0, 0.05) is 11.8 Å². The maximum absolute atomic E-state index is 9.82. The minimum atomic E-state index is -3.87. The van der Waals surface area contributed by atoms with Crippen molar-refractivity contribution in [3.8, 4) is 0 Å². The highest BCUT2D eigenvalue weighted by Gasteiger charge is 2.25. The van der Waals surface area contributed by atoms with Crippen LogP contribution in [0.25, 0.3) is 0 Å². The number of aliphatic hydroxyl groups is 1. The van der Waals surface area contributed by atoms with Gasteiger partial charge >= 0.3 is 8.80 Å². The molecule has 0 aliphatic rings. The summed E-state index contributed by atoms with van der Waals surface area (Å²) < 4.78 is 0. The first-order chi connectivity index (χ1) is 7.99. The van der Waals surface area contributed by atoms with Crippen molar-refractivity contribution in [1.82, 2.24) is 0 Å². The largest absolute Gasteiger partial charge is 0.492 e. The zero-order valence-corrected chi connectivity index (χ0v) is 11.3. The van der Waals surface area contributed by atoms with Crippen LogP contribution in [-0.2, 0) is 0 Å². The second-order valence-electron chi connectivity index (χ2n) is 3.88. The van der Waals surface area contributed by atoms with Crippen molar-refractivity contribution in [2.75, 3.05) is 11.5 Å². The number of hydrogen-bond donors (Lipinski definition) is 4. The molecule has 0 radical (unpaired) electrons. The van der Waals surface area contributed by atoms with Gasteiger partial charge in [-0.05, 0) is 17.7 Å². The molecule has 0 aliphatic carbocycles. The fourth-order valence-corrected chi connectivity index (χ4v) is 3.22. The lowest BCUT2D eigenvalue weighted by Crippen LogP contribution is -2.34. The molecule has 4 N–H and O–H groups in total. The molecule has 0 saturated heterocycles. The molecule has 0 bridgehead atoms. The highest BCUT2D eigenvalue weighted by atomic mass is 32.2. The molecule has 0 heterocycles. The van der Waals surface area contributed by atoms with Gasteiger partial charge in [-0.25, -0.2) is 0 Å². The molecule has 1 atom stereocenters. The number of rotatable bonds is 7. The summed E-state index contributed by atoms with van der Waals surface area (Å²) in [6.45, 7) is 0. The highest BCUT2D eigenvalue weighted by molar-refractivity contribution is 7.99. The lowest BCUT2D eigenvalue weighted by Gasteiger charge is -2.11. The third-order valence-electron chi connectivity index (χ3n) is 2.26. The maximum Gasteiger partial charge on any atom is 0.492 e. The first-order valence-electron chi connectivity index (χ1n) is 5.47. The van der Waals surface area contributed by atoms with E-state index in [4.69, 9.17) is 14.4 Å². The van der Waals surface area contributed by atoms with E-state index >= 15 is 0 Å². The summed E-state index contributed by atoms with van der Waals surface area (Å²) in [6, 6.07) is 9.47. The smallest absolute Gasteiger partial charge is 0.390 e. The molecule has 0 aliphatic heterocycles. The minimum absolute atomic E-state index is 0.0570. The predicted molar refractivity (Wildman–Crippen MR) is 70.6 cm³/mol. The fourth-order valence-electron chi connectivity index (χ4n) is 1.38. The van der Waals surface area contributed by atoms with E-state index in [9.17, 15) is 5.11 Å². The van der Waals surface area contributed by atoms with Crippen molar-refractivity contribution < 1.29 is 19.5 Å². The Morgan fingerprint density at radius 1 is 1.12 bits per heavy atom. The lowest BCUT2D eigenvalue weighted by atomic mass is 10.1. The first kappa shape index (κ1) is 14.7. The average Bonchev–Trinajstić information content (AvgIpc) is 2.28. The molecule has 1 aromatic rings. The second-order valence-corrected chi connectivity index (χ2v) is 7.08. The van der Waals surface area contributed by atoms with Gasteiger partial charge in [-0.15, -0.1) is 0 Å². The van der Waals surface area contributed by atoms with E-state index < -0.39 is 14.9 Å². The normalized spacial score (nSPS) is 13.6. The molecular formula is C11H18O4SSi. The first-order valence-corrected chi connectivity index (χ1v) is 8.67. The fraction of sp³-hybridized carbons (Fsp3) is 0.455. The van der Waals surface area contributed by atoms with Crippen LogP contribution in [0.3, 0.4) is 0 Å². The Bertz CT molecular complexity index is 315. The zero-order valence-electron chi connectivity index (χ0n) is 9.49. The average molecular weight is 274 g/mol. The summed E-state index contributed by atoms with van der Waals surface area (Å²) in [5.74, 6) is 1.27. The summed E-state index contributed by atoms with van der Waals surface area (Å²) in [6.07, 6.45) is 0.0441. The maximum atomic E-state index is 9.82. The van der Waals surface area contributed by atoms with Gasteiger partial charge in [-0.1, -0.05) is 30.3 Å². The van der Waals surface area contributed by atoms with Gasteiger partial charge in [-0.3, -0.25) is 0 Å². The molecule has 0 amide bonds. The minimum Gasteiger partial charge on any atom is -0.390 e. The topological polar surface area (TPSA) is 80.9 Å². The van der Waals surface area contributed by atoms with E-state index in [1.807, 2.05) is 30.3 Å². The number of benzene rings is 1. The van der Waals surface area contributed by atoms with Crippen molar-refractivity contribution >= 4 is 20.6 Å². The number of thioether (sulfide) groups is 1. The zero-order chi connectivity index (χ0) is 12.7. The van der Waals surface area contributed by atoms with E-state index in [0.29, 0.717) is 17.9 Å². The Hall–Kier alpha value is -0.373. The van der Waals surface area contributed by atoms with Gasteiger partial charge < -0.3 is 19.5 Å². The van der Waals surface area contributed by atoms with Crippen molar-refractivity contribution in [3.05, 3.63) is 35.9 Å².